The smallest absolute Gasteiger partial charge is 0.339 e. The summed E-state index contributed by atoms with van der Waals surface area (Å²) < 4.78 is 11.3. The number of rotatable bonds is 8. The summed E-state index contributed by atoms with van der Waals surface area (Å²) in [5, 5.41) is 22.0. The van der Waals surface area contributed by atoms with Crippen LogP contribution in [0.4, 0.5) is 0 Å². The van der Waals surface area contributed by atoms with Gasteiger partial charge in [0.2, 0.25) is 0 Å². The quantitative estimate of drug-likeness (QED) is 0.241. The fraction of sp³-hybridized carbons (Fsp3) is 0.500. The predicted octanol–water partition coefficient (Wildman–Crippen LogP) is 9.09. The molecule has 250 valence electrons. The second kappa shape index (κ2) is 13.5. The molecule has 0 fully saturated rings. The van der Waals surface area contributed by atoms with Crippen LogP contribution in [0.2, 0.25) is 0 Å². The molecule has 0 aliphatic heterocycles. The van der Waals surface area contributed by atoms with Crippen LogP contribution in [0.25, 0.3) is 0 Å². The Labute approximate surface area is 276 Å². The van der Waals surface area contributed by atoms with Crippen molar-refractivity contribution in [3.8, 4) is 11.5 Å². The minimum atomic E-state index is -0.596. The molecule has 46 heavy (non-hydrogen) atoms. The van der Waals surface area contributed by atoms with E-state index in [1.54, 1.807) is 24.3 Å². The summed E-state index contributed by atoms with van der Waals surface area (Å²) in [6.45, 7) is 25.0. The van der Waals surface area contributed by atoms with Gasteiger partial charge in [-0.2, -0.15) is 0 Å². The van der Waals surface area contributed by atoms with E-state index in [9.17, 15) is 19.8 Å². The van der Waals surface area contributed by atoms with Crippen molar-refractivity contribution < 1.29 is 29.3 Å². The van der Waals surface area contributed by atoms with Crippen LogP contribution in [-0.2, 0) is 44.0 Å². The summed E-state index contributed by atoms with van der Waals surface area (Å²) >= 11 is 0. The maximum absolute atomic E-state index is 13.2. The van der Waals surface area contributed by atoms with Crippen LogP contribution in [0.3, 0.4) is 0 Å². The number of phenolic OH excluding ortho intramolecular Hbond substituents is 2. The van der Waals surface area contributed by atoms with E-state index in [1.165, 1.54) is 0 Å². The Morgan fingerprint density at radius 1 is 0.522 bits per heavy atom. The van der Waals surface area contributed by atoms with E-state index in [-0.39, 0.29) is 46.0 Å². The molecule has 0 aromatic heterocycles. The van der Waals surface area contributed by atoms with Gasteiger partial charge in [-0.05, 0) is 67.2 Å². The molecule has 0 unspecified atom stereocenters. The zero-order valence-electron chi connectivity index (χ0n) is 30.0. The number of carbonyl (C=O) groups excluding carboxylic acids is 2. The molecule has 0 bridgehead atoms. The van der Waals surface area contributed by atoms with Crippen LogP contribution >= 0.6 is 0 Å². The first-order valence-electron chi connectivity index (χ1n) is 16.2. The second-order valence-electron chi connectivity index (χ2n) is 16.4. The number of hydrogen-bond donors (Lipinski definition) is 2. The van der Waals surface area contributed by atoms with Crippen molar-refractivity contribution in [2.75, 3.05) is 13.2 Å². The fourth-order valence-electron chi connectivity index (χ4n) is 5.48. The number of aromatic hydroxyl groups is 2. The number of carbonyl (C=O) groups is 2. The Bertz CT molecular complexity index is 1380. The predicted molar refractivity (Wildman–Crippen MR) is 185 cm³/mol. The first kappa shape index (κ1) is 36.7. The molecule has 0 amide bonds. The van der Waals surface area contributed by atoms with Gasteiger partial charge in [0.1, 0.15) is 11.5 Å². The van der Waals surface area contributed by atoms with Crippen molar-refractivity contribution in [3.05, 3.63) is 93.0 Å². The monoisotopic (exact) mass is 630 g/mol. The van der Waals surface area contributed by atoms with Gasteiger partial charge < -0.3 is 19.7 Å². The normalized spacial score (nSPS) is 12.6. The topological polar surface area (TPSA) is 93.1 Å². The highest BCUT2D eigenvalue weighted by atomic mass is 16.5. The molecular weight excluding hydrogens is 576 g/mol. The van der Waals surface area contributed by atoms with E-state index in [0.717, 1.165) is 33.4 Å². The van der Waals surface area contributed by atoms with Crippen molar-refractivity contribution in [3.63, 3.8) is 0 Å². The van der Waals surface area contributed by atoms with E-state index < -0.39 is 11.9 Å². The zero-order valence-corrected chi connectivity index (χ0v) is 30.0. The summed E-state index contributed by atoms with van der Waals surface area (Å²) in [7, 11) is 0. The maximum atomic E-state index is 13.2. The number of benzene rings is 3. The third-order valence-electron chi connectivity index (χ3n) is 8.19. The summed E-state index contributed by atoms with van der Waals surface area (Å²) in [6.07, 6.45) is 0.926. The van der Waals surface area contributed by atoms with Crippen LogP contribution in [0.1, 0.15) is 137 Å². The lowest BCUT2D eigenvalue weighted by Crippen LogP contribution is -2.19. The first-order chi connectivity index (χ1) is 21.0. The highest BCUT2D eigenvalue weighted by Crippen LogP contribution is 2.41. The highest BCUT2D eigenvalue weighted by molar-refractivity contribution is 6.03. The van der Waals surface area contributed by atoms with Crippen LogP contribution in [-0.4, -0.2) is 35.4 Å². The molecule has 6 heteroatoms. The Kier molecular flexibility index (Phi) is 10.8. The van der Waals surface area contributed by atoms with E-state index in [2.05, 4.69) is 83.1 Å². The lowest BCUT2D eigenvalue weighted by molar-refractivity contribution is 0.0462. The zero-order chi connectivity index (χ0) is 34.8. The van der Waals surface area contributed by atoms with Crippen LogP contribution < -0.4 is 0 Å². The number of ether oxygens (including phenoxy) is 2. The third kappa shape index (κ3) is 8.92. The minimum Gasteiger partial charge on any atom is -0.507 e. The second-order valence-corrected chi connectivity index (χ2v) is 16.4. The Morgan fingerprint density at radius 3 is 1.02 bits per heavy atom. The molecule has 3 rings (SSSR count). The summed E-state index contributed by atoms with van der Waals surface area (Å²) in [4.78, 5) is 26.3. The Hall–Kier alpha value is -3.80. The number of esters is 2. The van der Waals surface area contributed by atoms with Crippen molar-refractivity contribution in [2.24, 2.45) is 0 Å². The molecule has 3 aromatic rings. The van der Waals surface area contributed by atoms with Gasteiger partial charge in [-0.25, -0.2) is 9.59 Å². The van der Waals surface area contributed by atoms with Crippen LogP contribution in [0, 0.1) is 0 Å². The molecule has 0 saturated heterocycles. The maximum Gasteiger partial charge on any atom is 0.339 e. The molecule has 0 aliphatic carbocycles. The van der Waals surface area contributed by atoms with Gasteiger partial charge in [-0.1, -0.05) is 119 Å². The van der Waals surface area contributed by atoms with Gasteiger partial charge in [-0.15, -0.1) is 0 Å². The molecule has 3 aromatic carbocycles. The van der Waals surface area contributed by atoms with Gasteiger partial charge in [0.05, 0.1) is 24.3 Å². The van der Waals surface area contributed by atoms with Crippen molar-refractivity contribution >= 4 is 11.9 Å². The van der Waals surface area contributed by atoms with E-state index >= 15 is 0 Å². The van der Waals surface area contributed by atoms with Gasteiger partial charge >= 0.3 is 11.9 Å². The molecule has 0 atom stereocenters. The van der Waals surface area contributed by atoms with Crippen molar-refractivity contribution in [1.82, 2.24) is 0 Å². The summed E-state index contributed by atoms with van der Waals surface area (Å²) in [6, 6.07) is 14.4. The Balaban J connectivity index is 1.72. The average molecular weight is 631 g/mol. The average Bonchev–Trinajstić information content (AvgIpc) is 2.91. The molecule has 0 heterocycles. The Morgan fingerprint density at radius 2 is 0.783 bits per heavy atom. The molecule has 0 aliphatic rings. The van der Waals surface area contributed by atoms with E-state index in [1.807, 2.05) is 24.3 Å². The SMILES string of the molecule is CC(C)(C)c1cc(CCOC(=O)c2ccccc2C(=O)OCCc2cc(C(C)(C)C)c(O)c(C(C)(C)C)c2)cc(C(C)(C)C)c1O. The molecular formula is C40H54O6. The number of phenols is 2. The van der Waals surface area contributed by atoms with E-state index in [0.29, 0.717) is 24.3 Å². The molecule has 2 N–H and O–H groups in total. The van der Waals surface area contributed by atoms with Crippen LogP contribution in [0.15, 0.2) is 48.5 Å². The van der Waals surface area contributed by atoms with Gasteiger partial charge in [0.25, 0.3) is 0 Å². The van der Waals surface area contributed by atoms with Crippen LogP contribution in [0.5, 0.6) is 11.5 Å². The largest absolute Gasteiger partial charge is 0.507 e. The summed E-state index contributed by atoms with van der Waals surface area (Å²) in [5.74, 6) is -0.575. The standard InChI is InChI=1S/C40H54O6/c1-37(2,3)29-21-25(22-30(33(29)41)38(4,5)6)17-19-45-35(43)27-15-13-14-16-28(27)36(44)46-20-18-26-23-31(39(7,8)9)34(42)32(24-26)40(10,11)12/h13-16,21-24,41-42H,17-20H2,1-12H3. The summed E-state index contributed by atoms with van der Waals surface area (Å²) in [5.41, 5.74) is 4.60. The van der Waals surface area contributed by atoms with E-state index in [4.69, 9.17) is 9.47 Å². The molecule has 6 nitrogen and oxygen atoms in total. The third-order valence-corrected chi connectivity index (χ3v) is 8.19. The number of hydrogen-bond acceptors (Lipinski definition) is 6. The van der Waals surface area contributed by atoms with Gasteiger partial charge in [0.15, 0.2) is 0 Å². The van der Waals surface area contributed by atoms with Crippen molar-refractivity contribution in [2.45, 2.75) is 118 Å². The van der Waals surface area contributed by atoms with Gasteiger partial charge in [-0.3, -0.25) is 0 Å². The van der Waals surface area contributed by atoms with Crippen molar-refractivity contribution in [1.29, 1.82) is 0 Å². The molecule has 0 radical (unpaired) electrons. The highest BCUT2D eigenvalue weighted by Gasteiger charge is 2.28. The minimum absolute atomic E-state index is 0.118. The first-order valence-corrected chi connectivity index (χ1v) is 16.2. The lowest BCUT2D eigenvalue weighted by Gasteiger charge is -2.28. The lowest BCUT2D eigenvalue weighted by atomic mass is 9.78. The molecule has 0 spiro atoms. The fourth-order valence-corrected chi connectivity index (χ4v) is 5.48. The van der Waals surface area contributed by atoms with Gasteiger partial charge in [0, 0.05) is 12.8 Å². The molecule has 0 saturated carbocycles.